The Morgan fingerprint density at radius 1 is 1.06 bits per heavy atom. The molecule has 178 valence electrons. The second-order valence-electron chi connectivity index (χ2n) is 8.46. The zero-order valence-electron chi connectivity index (χ0n) is 18.2. The monoisotopic (exact) mass is 475 g/mol. The molecule has 1 fully saturated rings. The molecule has 1 aliphatic heterocycles. The van der Waals surface area contributed by atoms with Gasteiger partial charge in [0.05, 0.1) is 17.6 Å². The molecule has 0 saturated carbocycles. The first-order chi connectivity index (χ1) is 16.3. The van der Waals surface area contributed by atoms with Crippen LogP contribution in [-0.2, 0) is 6.54 Å². The highest BCUT2D eigenvalue weighted by Gasteiger charge is 2.25. The van der Waals surface area contributed by atoms with Crippen molar-refractivity contribution in [1.29, 1.82) is 0 Å². The van der Waals surface area contributed by atoms with Gasteiger partial charge in [-0.25, -0.2) is 13.6 Å². The number of hydrogen-bond acceptors (Lipinski definition) is 5. The van der Waals surface area contributed by atoms with Crippen molar-refractivity contribution in [3.8, 4) is 11.5 Å². The van der Waals surface area contributed by atoms with E-state index in [9.17, 15) is 22.4 Å². The fourth-order valence-corrected chi connectivity index (χ4v) is 4.43. The van der Waals surface area contributed by atoms with Crippen LogP contribution in [-0.4, -0.2) is 44.4 Å². The first-order valence-corrected chi connectivity index (χ1v) is 10.8. The van der Waals surface area contributed by atoms with Crippen molar-refractivity contribution in [2.24, 2.45) is 0 Å². The van der Waals surface area contributed by atoms with Crippen molar-refractivity contribution in [1.82, 2.24) is 24.2 Å². The summed E-state index contributed by atoms with van der Waals surface area (Å²) in [5, 5.41) is 6.76. The number of piperidine rings is 1. The van der Waals surface area contributed by atoms with E-state index in [1.807, 2.05) is 7.05 Å². The summed E-state index contributed by atoms with van der Waals surface area (Å²) in [6.07, 6.45) is -1.37. The molecule has 11 heteroatoms. The summed E-state index contributed by atoms with van der Waals surface area (Å²) in [6.45, 7) is 1.55. The van der Waals surface area contributed by atoms with E-state index in [1.54, 1.807) is 10.6 Å². The summed E-state index contributed by atoms with van der Waals surface area (Å²) in [5.41, 5.74) is 0.949. The Hall–Kier alpha value is -3.47. The lowest BCUT2D eigenvalue weighted by Crippen LogP contribution is -2.36. The number of halogens is 4. The normalized spacial score (nSPS) is 15.6. The van der Waals surface area contributed by atoms with Crippen molar-refractivity contribution < 1.29 is 22.0 Å². The molecule has 5 rings (SSSR count). The van der Waals surface area contributed by atoms with Gasteiger partial charge in [-0.1, -0.05) is 6.07 Å². The van der Waals surface area contributed by atoms with Crippen molar-refractivity contribution in [3.63, 3.8) is 0 Å². The third-order valence-corrected chi connectivity index (χ3v) is 6.23. The van der Waals surface area contributed by atoms with Crippen LogP contribution in [0.3, 0.4) is 0 Å². The second kappa shape index (κ2) is 8.71. The minimum atomic E-state index is -2.93. The molecule has 0 N–H and O–H groups in total. The molecule has 0 aliphatic carbocycles. The molecule has 7 nitrogen and oxygen atoms in total. The van der Waals surface area contributed by atoms with E-state index in [2.05, 4.69) is 15.1 Å². The van der Waals surface area contributed by atoms with E-state index in [1.165, 1.54) is 28.8 Å². The highest BCUT2D eigenvalue weighted by molar-refractivity contribution is 5.76. The Labute approximate surface area is 191 Å². The van der Waals surface area contributed by atoms with Crippen molar-refractivity contribution in [3.05, 3.63) is 70.0 Å². The van der Waals surface area contributed by atoms with Gasteiger partial charge in [-0.3, -0.25) is 9.13 Å². The van der Waals surface area contributed by atoms with Gasteiger partial charge in [0.2, 0.25) is 5.89 Å². The van der Waals surface area contributed by atoms with Crippen LogP contribution in [0.1, 0.15) is 36.8 Å². The van der Waals surface area contributed by atoms with Crippen LogP contribution in [0, 0.1) is 11.6 Å². The van der Waals surface area contributed by atoms with E-state index in [4.69, 9.17) is 4.42 Å². The molecule has 0 atom stereocenters. The molecule has 2 aromatic carbocycles. The fraction of sp³-hybridized carbons (Fsp3) is 0.348. The van der Waals surface area contributed by atoms with Gasteiger partial charge in [0.25, 0.3) is 5.89 Å². The maximum atomic E-state index is 15.0. The zero-order valence-corrected chi connectivity index (χ0v) is 18.2. The Morgan fingerprint density at radius 3 is 2.50 bits per heavy atom. The van der Waals surface area contributed by atoms with Crippen LogP contribution in [0.4, 0.5) is 17.6 Å². The first-order valence-electron chi connectivity index (χ1n) is 10.8. The SMILES string of the molecule is CN1CCC(n2c(=O)n(Cc3ccc(-c4nnc(C(F)F)o4)cc3F)c3cc(F)ccc32)CC1. The fourth-order valence-electron chi connectivity index (χ4n) is 4.43. The molecule has 1 aliphatic rings. The standard InChI is InChI=1S/C23H21F4N5O2/c1-30-8-6-16(7-9-30)32-18-5-4-15(24)11-19(18)31(23(32)33)12-14-3-2-13(10-17(14)25)21-28-29-22(34-21)20(26)27/h2-5,10-11,16,20H,6-9,12H2,1H3. The molecule has 0 radical (unpaired) electrons. The lowest BCUT2D eigenvalue weighted by atomic mass is 10.1. The molecular weight excluding hydrogens is 454 g/mol. The summed E-state index contributed by atoms with van der Waals surface area (Å²) in [4.78, 5) is 15.6. The smallest absolute Gasteiger partial charge is 0.329 e. The van der Waals surface area contributed by atoms with Crippen molar-refractivity contribution in [2.75, 3.05) is 20.1 Å². The van der Waals surface area contributed by atoms with Crippen LogP contribution in [0.25, 0.3) is 22.5 Å². The Balaban J connectivity index is 1.52. The molecule has 0 bridgehead atoms. The highest BCUT2D eigenvalue weighted by Crippen LogP contribution is 2.28. The number of fused-ring (bicyclic) bond motifs is 1. The summed E-state index contributed by atoms with van der Waals surface area (Å²) in [5.74, 6) is -2.27. The molecule has 1 saturated heterocycles. The zero-order chi connectivity index (χ0) is 24.0. The lowest BCUT2D eigenvalue weighted by Gasteiger charge is -2.29. The van der Waals surface area contributed by atoms with Crippen molar-refractivity contribution >= 4 is 11.0 Å². The summed E-state index contributed by atoms with van der Waals surface area (Å²) in [7, 11) is 2.02. The molecular formula is C23H21F4N5O2. The van der Waals surface area contributed by atoms with E-state index in [-0.39, 0.29) is 35.3 Å². The number of alkyl halides is 2. The molecule has 34 heavy (non-hydrogen) atoms. The van der Waals surface area contributed by atoms with Gasteiger partial charge in [0, 0.05) is 17.2 Å². The average molecular weight is 475 g/mol. The number of hydrogen-bond donors (Lipinski definition) is 0. The lowest BCUT2D eigenvalue weighted by molar-refractivity contribution is 0.116. The Bertz CT molecular complexity index is 1400. The minimum absolute atomic E-state index is 0.0355. The van der Waals surface area contributed by atoms with E-state index in [0.29, 0.717) is 11.0 Å². The third kappa shape index (κ3) is 4.00. The number of nitrogens with zero attached hydrogens (tertiary/aromatic N) is 5. The maximum Gasteiger partial charge on any atom is 0.329 e. The van der Waals surface area contributed by atoms with Gasteiger partial charge in [-0.2, -0.15) is 8.78 Å². The van der Waals surface area contributed by atoms with Crippen LogP contribution >= 0.6 is 0 Å². The van der Waals surface area contributed by atoms with E-state index >= 15 is 0 Å². The Morgan fingerprint density at radius 2 is 1.82 bits per heavy atom. The maximum absolute atomic E-state index is 15.0. The largest absolute Gasteiger partial charge is 0.415 e. The molecule has 4 aromatic rings. The first kappa shape index (κ1) is 22.3. The van der Waals surface area contributed by atoms with Gasteiger partial charge in [-0.05, 0) is 63.3 Å². The quantitative estimate of drug-likeness (QED) is 0.401. The molecule has 0 spiro atoms. The predicted octanol–water partition coefficient (Wildman–Crippen LogP) is 4.38. The number of aromatic nitrogens is 4. The van der Waals surface area contributed by atoms with Gasteiger partial charge >= 0.3 is 12.1 Å². The number of likely N-dealkylation sites (tertiary alicyclic amines) is 1. The Kier molecular flexibility index (Phi) is 5.72. The van der Waals surface area contributed by atoms with Crippen LogP contribution in [0.5, 0.6) is 0 Å². The summed E-state index contributed by atoms with van der Waals surface area (Å²) < 4.78 is 62.4. The summed E-state index contributed by atoms with van der Waals surface area (Å²) >= 11 is 0. The van der Waals surface area contributed by atoms with Crippen LogP contribution < -0.4 is 5.69 Å². The van der Waals surface area contributed by atoms with Gasteiger partial charge in [-0.15, -0.1) is 10.2 Å². The highest BCUT2D eigenvalue weighted by atomic mass is 19.3. The summed E-state index contributed by atoms with van der Waals surface area (Å²) in [6, 6.07) is 8.08. The van der Waals surface area contributed by atoms with E-state index in [0.717, 1.165) is 32.0 Å². The van der Waals surface area contributed by atoms with Gasteiger partial charge in [0.15, 0.2) is 0 Å². The molecule has 0 amide bonds. The molecule has 3 heterocycles. The molecule has 0 unspecified atom stereocenters. The number of imidazole rings is 1. The predicted molar refractivity (Wildman–Crippen MR) is 116 cm³/mol. The van der Waals surface area contributed by atoms with Gasteiger partial charge in [0.1, 0.15) is 11.6 Å². The third-order valence-electron chi connectivity index (χ3n) is 6.23. The van der Waals surface area contributed by atoms with Crippen LogP contribution in [0.15, 0.2) is 45.6 Å². The van der Waals surface area contributed by atoms with Crippen molar-refractivity contribution in [2.45, 2.75) is 31.9 Å². The average Bonchev–Trinajstić information content (AvgIpc) is 3.40. The minimum Gasteiger partial charge on any atom is -0.415 e. The second-order valence-corrected chi connectivity index (χ2v) is 8.46. The number of benzene rings is 2. The van der Waals surface area contributed by atoms with E-state index < -0.39 is 24.0 Å². The topological polar surface area (TPSA) is 69.1 Å². The van der Waals surface area contributed by atoms with Crippen LogP contribution in [0.2, 0.25) is 0 Å². The number of rotatable bonds is 5. The van der Waals surface area contributed by atoms with Gasteiger partial charge < -0.3 is 9.32 Å². The molecule has 2 aromatic heterocycles.